The molecule has 1 heterocycles. The van der Waals surface area contributed by atoms with Gasteiger partial charge in [0.05, 0.1) is 23.6 Å². The van der Waals surface area contributed by atoms with Crippen molar-refractivity contribution < 1.29 is 9.53 Å². The second-order valence-electron chi connectivity index (χ2n) is 5.96. The number of carbonyl (C=O) groups excluding carboxylic acids is 1. The molecule has 5 nitrogen and oxygen atoms in total. The summed E-state index contributed by atoms with van der Waals surface area (Å²) in [7, 11) is 0. The lowest BCUT2D eigenvalue weighted by molar-refractivity contribution is -0.110. The van der Waals surface area contributed by atoms with E-state index in [1.807, 2.05) is 43.3 Å². The number of benzene rings is 2. The van der Waals surface area contributed by atoms with Crippen LogP contribution in [0.15, 0.2) is 48.5 Å². The van der Waals surface area contributed by atoms with E-state index in [1.54, 1.807) is 0 Å². The zero-order valence-corrected chi connectivity index (χ0v) is 14.6. The maximum Gasteiger partial charge on any atom is 0.207 e. The molecule has 2 aromatic carbocycles. The number of hydrogen-bond acceptors (Lipinski definition) is 3. The van der Waals surface area contributed by atoms with E-state index in [1.165, 1.54) is 5.56 Å². The van der Waals surface area contributed by atoms with Crippen molar-refractivity contribution >= 4 is 17.4 Å². The summed E-state index contributed by atoms with van der Waals surface area (Å²) in [6.07, 6.45) is 1.73. The van der Waals surface area contributed by atoms with Crippen LogP contribution >= 0.6 is 0 Å². The Bertz CT molecular complexity index is 840. The third-order valence-corrected chi connectivity index (χ3v) is 4.30. The molecule has 0 saturated carbocycles. The van der Waals surface area contributed by atoms with E-state index in [2.05, 4.69) is 33.9 Å². The number of aromatic nitrogens is 2. The number of amides is 1. The Balaban J connectivity index is 1.76. The number of ether oxygens (including phenoxy) is 1. The number of rotatable bonds is 8. The van der Waals surface area contributed by atoms with E-state index in [-0.39, 0.29) is 6.04 Å². The van der Waals surface area contributed by atoms with Crippen molar-refractivity contribution in [3.63, 3.8) is 0 Å². The normalized spacial score (nSPS) is 12.1. The number of nitrogens with one attached hydrogen (secondary N) is 1. The molecule has 0 saturated heterocycles. The van der Waals surface area contributed by atoms with Crippen molar-refractivity contribution in [3.05, 3.63) is 59.9 Å². The van der Waals surface area contributed by atoms with Crippen molar-refractivity contribution in [1.82, 2.24) is 14.9 Å². The van der Waals surface area contributed by atoms with Gasteiger partial charge in [0.1, 0.15) is 18.2 Å². The highest BCUT2D eigenvalue weighted by atomic mass is 16.5. The molecular formula is C20H23N3O2. The van der Waals surface area contributed by atoms with E-state index in [9.17, 15) is 4.79 Å². The number of aryl methyl sites for hydroxylation is 1. The highest BCUT2D eigenvalue weighted by Gasteiger charge is 2.15. The molecule has 1 N–H and O–H groups in total. The first-order valence-corrected chi connectivity index (χ1v) is 8.59. The van der Waals surface area contributed by atoms with Crippen LogP contribution in [0.25, 0.3) is 11.0 Å². The lowest BCUT2D eigenvalue weighted by Crippen LogP contribution is -2.21. The standard InChI is InChI=1S/C20H23N3O2/c1-3-16-8-10-17(11-9-16)25-13-12-23-19-7-5-4-6-18(19)22-20(23)15(2)21-14-24/h4-11,14-15H,3,12-13H2,1-2H3,(H,21,24)/t15-/m0/s1. The SMILES string of the molecule is CCc1ccc(OCCn2c([C@H](C)NC=O)nc3ccccc32)cc1. The van der Waals surface area contributed by atoms with Gasteiger partial charge in [0, 0.05) is 0 Å². The van der Waals surface area contributed by atoms with Gasteiger partial charge in [-0.25, -0.2) is 4.98 Å². The number of nitrogens with zero attached hydrogens (tertiary/aromatic N) is 2. The van der Waals surface area contributed by atoms with Crippen LogP contribution in [0, 0.1) is 0 Å². The van der Waals surface area contributed by atoms with Gasteiger partial charge in [-0.05, 0) is 43.2 Å². The molecule has 0 spiro atoms. The Morgan fingerprint density at radius 3 is 2.68 bits per heavy atom. The molecule has 3 rings (SSSR count). The van der Waals surface area contributed by atoms with Crippen molar-refractivity contribution in [1.29, 1.82) is 0 Å². The second-order valence-corrected chi connectivity index (χ2v) is 5.96. The summed E-state index contributed by atoms with van der Waals surface area (Å²) in [6.45, 7) is 5.26. The summed E-state index contributed by atoms with van der Waals surface area (Å²) in [5.74, 6) is 1.69. The first-order chi connectivity index (χ1) is 12.2. The van der Waals surface area contributed by atoms with Gasteiger partial charge < -0.3 is 14.6 Å². The minimum absolute atomic E-state index is 0.159. The molecule has 1 atom stereocenters. The van der Waals surface area contributed by atoms with Crippen molar-refractivity contribution in [3.8, 4) is 5.75 Å². The van der Waals surface area contributed by atoms with E-state index >= 15 is 0 Å². The molecular weight excluding hydrogens is 314 g/mol. The fourth-order valence-corrected chi connectivity index (χ4v) is 2.91. The summed E-state index contributed by atoms with van der Waals surface area (Å²) in [4.78, 5) is 15.5. The molecule has 0 fully saturated rings. The van der Waals surface area contributed by atoms with Crippen LogP contribution in [0.1, 0.15) is 31.3 Å². The number of para-hydroxylation sites is 2. The molecule has 1 aromatic heterocycles. The average Bonchev–Trinajstić information content (AvgIpc) is 3.01. The molecule has 0 unspecified atom stereocenters. The molecule has 130 valence electrons. The molecule has 5 heteroatoms. The maximum absolute atomic E-state index is 10.8. The highest BCUT2D eigenvalue weighted by molar-refractivity contribution is 5.76. The molecule has 25 heavy (non-hydrogen) atoms. The predicted octanol–water partition coefficient (Wildman–Crippen LogP) is 3.48. The van der Waals surface area contributed by atoms with Crippen LogP contribution in [-0.2, 0) is 17.8 Å². The van der Waals surface area contributed by atoms with Gasteiger partial charge in [-0.1, -0.05) is 31.2 Å². The Morgan fingerprint density at radius 1 is 1.20 bits per heavy atom. The summed E-state index contributed by atoms with van der Waals surface area (Å²) >= 11 is 0. The van der Waals surface area contributed by atoms with Gasteiger partial charge in [0.2, 0.25) is 6.41 Å². The zero-order valence-electron chi connectivity index (χ0n) is 14.6. The minimum Gasteiger partial charge on any atom is -0.492 e. The molecule has 0 aliphatic rings. The summed E-state index contributed by atoms with van der Waals surface area (Å²) in [5.41, 5.74) is 3.26. The summed E-state index contributed by atoms with van der Waals surface area (Å²) < 4.78 is 7.99. The lowest BCUT2D eigenvalue weighted by Gasteiger charge is -2.14. The summed E-state index contributed by atoms with van der Waals surface area (Å²) in [5, 5.41) is 2.78. The summed E-state index contributed by atoms with van der Waals surface area (Å²) in [6, 6.07) is 16.0. The van der Waals surface area contributed by atoms with E-state index in [0.29, 0.717) is 19.6 Å². The Hall–Kier alpha value is -2.82. The fraction of sp³-hybridized carbons (Fsp3) is 0.300. The highest BCUT2D eigenvalue weighted by Crippen LogP contribution is 2.21. The van der Waals surface area contributed by atoms with Gasteiger partial charge in [-0.2, -0.15) is 0 Å². The van der Waals surface area contributed by atoms with Crippen LogP contribution < -0.4 is 10.1 Å². The predicted molar refractivity (Wildman–Crippen MR) is 98.7 cm³/mol. The maximum atomic E-state index is 10.8. The van der Waals surface area contributed by atoms with E-state index < -0.39 is 0 Å². The van der Waals surface area contributed by atoms with Gasteiger partial charge in [-0.3, -0.25) is 4.79 Å². The van der Waals surface area contributed by atoms with Crippen LogP contribution in [0.5, 0.6) is 5.75 Å². The molecule has 1 amide bonds. The first-order valence-electron chi connectivity index (χ1n) is 8.59. The Kier molecular flexibility index (Phi) is 5.33. The minimum atomic E-state index is -0.159. The lowest BCUT2D eigenvalue weighted by atomic mass is 10.2. The van der Waals surface area contributed by atoms with E-state index in [0.717, 1.165) is 29.0 Å². The Morgan fingerprint density at radius 2 is 1.96 bits per heavy atom. The zero-order chi connectivity index (χ0) is 17.6. The number of hydrogen-bond donors (Lipinski definition) is 1. The first kappa shape index (κ1) is 17.0. The van der Waals surface area contributed by atoms with Gasteiger partial charge in [0.25, 0.3) is 0 Å². The number of fused-ring (bicyclic) bond motifs is 1. The van der Waals surface area contributed by atoms with Crippen molar-refractivity contribution in [2.24, 2.45) is 0 Å². The van der Waals surface area contributed by atoms with Crippen LogP contribution in [0.3, 0.4) is 0 Å². The second kappa shape index (κ2) is 7.83. The number of carbonyl (C=O) groups is 1. The molecule has 3 aromatic rings. The fourth-order valence-electron chi connectivity index (χ4n) is 2.91. The Labute approximate surface area is 147 Å². The number of imidazole rings is 1. The average molecular weight is 337 g/mol. The monoisotopic (exact) mass is 337 g/mol. The van der Waals surface area contributed by atoms with Crippen LogP contribution in [0.2, 0.25) is 0 Å². The molecule has 0 bridgehead atoms. The third kappa shape index (κ3) is 3.82. The molecule has 0 aliphatic heterocycles. The van der Waals surface area contributed by atoms with Gasteiger partial charge in [0.15, 0.2) is 0 Å². The van der Waals surface area contributed by atoms with Gasteiger partial charge >= 0.3 is 0 Å². The molecule has 0 aliphatic carbocycles. The quantitative estimate of drug-likeness (QED) is 0.640. The van der Waals surface area contributed by atoms with Crippen molar-refractivity contribution in [2.75, 3.05) is 6.61 Å². The largest absolute Gasteiger partial charge is 0.492 e. The molecule has 0 radical (unpaired) electrons. The topological polar surface area (TPSA) is 56.1 Å². The smallest absolute Gasteiger partial charge is 0.207 e. The van der Waals surface area contributed by atoms with Crippen LogP contribution in [0.4, 0.5) is 0 Å². The van der Waals surface area contributed by atoms with Crippen molar-refractivity contribution in [2.45, 2.75) is 32.9 Å². The van der Waals surface area contributed by atoms with Gasteiger partial charge in [-0.15, -0.1) is 0 Å². The van der Waals surface area contributed by atoms with E-state index in [4.69, 9.17) is 4.74 Å². The van der Waals surface area contributed by atoms with Crippen LogP contribution in [-0.4, -0.2) is 22.6 Å². The third-order valence-electron chi connectivity index (χ3n) is 4.30.